The molecule has 1 N–H and O–H groups in total. The van der Waals surface area contributed by atoms with Crippen LogP contribution in [0.3, 0.4) is 0 Å². The first-order valence-electron chi connectivity index (χ1n) is 5.39. The van der Waals surface area contributed by atoms with E-state index in [4.69, 9.17) is 5.26 Å². The minimum Gasteiger partial charge on any atom is -0.367 e. The number of nitrogens with zero attached hydrogens (tertiary/aromatic N) is 3. The fraction of sp³-hybridized carbons (Fsp3) is 0.154. The third-order valence-electron chi connectivity index (χ3n) is 2.35. The Morgan fingerprint density at radius 1 is 1.12 bits per heavy atom. The maximum Gasteiger partial charge on any atom is 0.182 e. The number of rotatable bonds is 4. The maximum absolute atomic E-state index is 8.84. The highest BCUT2D eigenvalue weighted by molar-refractivity contribution is 5.46. The molecule has 4 nitrogen and oxygen atoms in total. The molecule has 2 rings (SSSR count). The van der Waals surface area contributed by atoms with Crippen molar-refractivity contribution in [2.45, 2.75) is 6.42 Å². The van der Waals surface area contributed by atoms with Gasteiger partial charge in [-0.2, -0.15) is 5.26 Å². The van der Waals surface area contributed by atoms with Crippen molar-refractivity contribution in [1.29, 1.82) is 5.26 Å². The van der Waals surface area contributed by atoms with Crippen LogP contribution >= 0.6 is 0 Å². The van der Waals surface area contributed by atoms with Crippen molar-refractivity contribution in [2.24, 2.45) is 0 Å². The lowest BCUT2D eigenvalue weighted by atomic mass is 10.1. The number of nitrogens with one attached hydrogen (secondary N) is 1. The van der Waals surface area contributed by atoms with Crippen LogP contribution in [-0.2, 0) is 6.42 Å². The topological polar surface area (TPSA) is 61.6 Å². The Balaban J connectivity index is 1.93. The summed E-state index contributed by atoms with van der Waals surface area (Å²) in [6, 6.07) is 12.2. The average Bonchev–Trinajstić information content (AvgIpc) is 2.40. The molecule has 1 aromatic carbocycles. The Morgan fingerprint density at radius 2 is 1.88 bits per heavy atom. The van der Waals surface area contributed by atoms with Crippen LogP contribution in [0.2, 0.25) is 0 Å². The van der Waals surface area contributed by atoms with E-state index in [1.807, 2.05) is 24.3 Å². The summed E-state index contributed by atoms with van der Waals surface area (Å²) >= 11 is 0. The molecule has 0 aliphatic heterocycles. The Morgan fingerprint density at radius 3 is 2.65 bits per heavy atom. The molecule has 84 valence electrons. The summed E-state index contributed by atoms with van der Waals surface area (Å²) < 4.78 is 0. The molecule has 0 unspecified atom stereocenters. The van der Waals surface area contributed by atoms with Gasteiger partial charge in [0.05, 0.1) is 0 Å². The smallest absolute Gasteiger partial charge is 0.182 e. The van der Waals surface area contributed by atoms with Gasteiger partial charge >= 0.3 is 0 Å². The van der Waals surface area contributed by atoms with Crippen LogP contribution in [0.25, 0.3) is 0 Å². The van der Waals surface area contributed by atoms with Crippen molar-refractivity contribution in [3.05, 3.63) is 54.0 Å². The summed E-state index contributed by atoms with van der Waals surface area (Å²) in [7, 11) is 0. The molecule has 0 saturated carbocycles. The zero-order valence-corrected chi connectivity index (χ0v) is 9.30. The molecule has 0 atom stereocenters. The Kier molecular flexibility index (Phi) is 3.66. The zero-order valence-electron chi connectivity index (χ0n) is 9.30. The van der Waals surface area contributed by atoms with Crippen molar-refractivity contribution in [1.82, 2.24) is 9.97 Å². The van der Waals surface area contributed by atoms with Crippen molar-refractivity contribution in [3.63, 3.8) is 0 Å². The van der Waals surface area contributed by atoms with E-state index in [1.165, 1.54) is 11.8 Å². The van der Waals surface area contributed by atoms with Crippen LogP contribution in [0.1, 0.15) is 11.3 Å². The quantitative estimate of drug-likeness (QED) is 0.862. The first kappa shape index (κ1) is 11.1. The molecule has 4 heteroatoms. The monoisotopic (exact) mass is 224 g/mol. The summed E-state index contributed by atoms with van der Waals surface area (Å²) in [4.78, 5) is 8.02. The van der Waals surface area contributed by atoms with Gasteiger partial charge in [-0.1, -0.05) is 30.3 Å². The van der Waals surface area contributed by atoms with E-state index in [0.29, 0.717) is 11.5 Å². The molecule has 0 radical (unpaired) electrons. The lowest BCUT2D eigenvalue weighted by Gasteiger charge is -2.05. The average molecular weight is 224 g/mol. The Bertz CT molecular complexity index is 516. The summed E-state index contributed by atoms with van der Waals surface area (Å²) in [6.07, 6.45) is 3.98. The molecule has 2 aromatic rings. The normalized spacial score (nSPS) is 9.59. The molecule has 0 fully saturated rings. The van der Waals surface area contributed by atoms with Gasteiger partial charge in [0.15, 0.2) is 11.5 Å². The van der Waals surface area contributed by atoms with E-state index in [9.17, 15) is 0 Å². The number of hydrogen-bond acceptors (Lipinski definition) is 4. The van der Waals surface area contributed by atoms with Crippen LogP contribution < -0.4 is 5.32 Å². The fourth-order valence-electron chi connectivity index (χ4n) is 1.52. The highest BCUT2D eigenvalue weighted by Crippen LogP contribution is 2.07. The molecular formula is C13H12N4. The lowest BCUT2D eigenvalue weighted by Crippen LogP contribution is -2.08. The molecule has 17 heavy (non-hydrogen) atoms. The van der Waals surface area contributed by atoms with Crippen LogP contribution in [0.5, 0.6) is 0 Å². The summed E-state index contributed by atoms with van der Waals surface area (Å²) in [6.45, 7) is 0.734. The van der Waals surface area contributed by atoms with E-state index in [-0.39, 0.29) is 0 Å². The fourth-order valence-corrected chi connectivity index (χ4v) is 1.52. The van der Waals surface area contributed by atoms with Crippen molar-refractivity contribution in [3.8, 4) is 6.07 Å². The Hall–Kier alpha value is -2.41. The molecule has 0 saturated heterocycles. The van der Waals surface area contributed by atoms with Gasteiger partial charge in [-0.3, -0.25) is 0 Å². The van der Waals surface area contributed by atoms with Crippen LogP contribution in [-0.4, -0.2) is 16.5 Å². The second-order valence-corrected chi connectivity index (χ2v) is 3.53. The first-order valence-corrected chi connectivity index (χ1v) is 5.39. The van der Waals surface area contributed by atoms with Crippen LogP contribution in [0, 0.1) is 11.3 Å². The SMILES string of the molecule is N#Cc1nccnc1NCCc1ccccc1. The number of hydrogen-bond donors (Lipinski definition) is 1. The van der Waals surface area contributed by atoms with Crippen molar-refractivity contribution >= 4 is 5.82 Å². The zero-order chi connectivity index (χ0) is 11.9. The second-order valence-electron chi connectivity index (χ2n) is 3.53. The van der Waals surface area contributed by atoms with Crippen molar-refractivity contribution < 1.29 is 0 Å². The van der Waals surface area contributed by atoms with E-state index >= 15 is 0 Å². The number of nitriles is 1. The van der Waals surface area contributed by atoms with E-state index in [1.54, 1.807) is 6.20 Å². The maximum atomic E-state index is 8.84. The van der Waals surface area contributed by atoms with Crippen LogP contribution in [0.15, 0.2) is 42.7 Å². The molecule has 1 aromatic heterocycles. The largest absolute Gasteiger partial charge is 0.367 e. The van der Waals surface area contributed by atoms with Crippen molar-refractivity contribution in [2.75, 3.05) is 11.9 Å². The second kappa shape index (κ2) is 5.61. The van der Waals surface area contributed by atoms with Gasteiger partial charge < -0.3 is 5.32 Å². The number of aromatic nitrogens is 2. The highest BCUT2D eigenvalue weighted by Gasteiger charge is 2.02. The predicted molar refractivity (Wildman–Crippen MR) is 65.4 cm³/mol. The molecule has 0 aliphatic rings. The first-order chi connectivity index (χ1) is 8.40. The molecule has 0 aliphatic carbocycles. The highest BCUT2D eigenvalue weighted by atomic mass is 15.0. The summed E-state index contributed by atoms with van der Waals surface area (Å²) in [5.74, 6) is 0.547. The third kappa shape index (κ3) is 3.02. The van der Waals surface area contributed by atoms with E-state index in [0.717, 1.165) is 13.0 Å². The minimum atomic E-state index is 0.334. The predicted octanol–water partition coefficient (Wildman–Crippen LogP) is 2.00. The van der Waals surface area contributed by atoms with Gasteiger partial charge in [0, 0.05) is 18.9 Å². The van der Waals surface area contributed by atoms with Gasteiger partial charge in [-0.25, -0.2) is 9.97 Å². The van der Waals surface area contributed by atoms with Gasteiger partial charge in [0.25, 0.3) is 0 Å². The molecule has 0 amide bonds. The van der Waals surface area contributed by atoms with Gasteiger partial charge in [-0.05, 0) is 12.0 Å². The van der Waals surface area contributed by atoms with Gasteiger partial charge in [0.2, 0.25) is 0 Å². The standard InChI is InChI=1S/C13H12N4/c14-10-12-13(17-9-8-15-12)16-7-6-11-4-2-1-3-5-11/h1-5,8-9H,6-7H2,(H,16,17). The number of benzene rings is 1. The van der Waals surface area contributed by atoms with Gasteiger partial charge in [-0.15, -0.1) is 0 Å². The Labute approximate surface area is 100.0 Å². The van der Waals surface area contributed by atoms with E-state index in [2.05, 4.69) is 27.4 Å². The van der Waals surface area contributed by atoms with Gasteiger partial charge in [0.1, 0.15) is 6.07 Å². The third-order valence-corrected chi connectivity index (χ3v) is 2.35. The minimum absolute atomic E-state index is 0.334. The van der Waals surface area contributed by atoms with Crippen LogP contribution in [0.4, 0.5) is 5.82 Å². The molecule has 0 spiro atoms. The molecular weight excluding hydrogens is 212 g/mol. The molecule has 1 heterocycles. The number of anilines is 1. The lowest BCUT2D eigenvalue weighted by molar-refractivity contribution is 0.995. The summed E-state index contributed by atoms with van der Waals surface area (Å²) in [5.41, 5.74) is 1.59. The van der Waals surface area contributed by atoms with E-state index < -0.39 is 0 Å². The summed E-state index contributed by atoms with van der Waals surface area (Å²) in [5, 5.41) is 12.0. The molecule has 0 bridgehead atoms.